The topological polar surface area (TPSA) is 62.2 Å². The molecular formula is C22H22FN5OS. The van der Waals surface area contributed by atoms with Crippen molar-refractivity contribution in [2.24, 2.45) is 0 Å². The molecule has 0 unspecified atom stereocenters. The molecule has 2 heterocycles. The highest BCUT2D eigenvalue weighted by Gasteiger charge is 2.24. The summed E-state index contributed by atoms with van der Waals surface area (Å²) in [5.41, 5.74) is 1.91. The Hall–Kier alpha value is -2.97. The Morgan fingerprint density at radius 2 is 1.77 bits per heavy atom. The van der Waals surface area contributed by atoms with Gasteiger partial charge in [-0.25, -0.2) is 14.4 Å². The lowest BCUT2D eigenvalue weighted by atomic mass is 10.3. The summed E-state index contributed by atoms with van der Waals surface area (Å²) in [5.74, 6) is -0.684. The van der Waals surface area contributed by atoms with Gasteiger partial charge < -0.3 is 4.90 Å². The quantitative estimate of drug-likeness (QED) is 0.442. The maximum absolute atomic E-state index is 14.2. The Balaban J connectivity index is 1.72. The minimum Gasteiger partial charge on any atom is -0.302 e. The van der Waals surface area contributed by atoms with E-state index in [2.05, 4.69) is 33.7 Å². The van der Waals surface area contributed by atoms with E-state index in [9.17, 15) is 9.18 Å². The first-order valence-electron chi connectivity index (χ1n) is 9.91. The number of nitrogens with zero attached hydrogens (tertiary/aromatic N) is 5. The van der Waals surface area contributed by atoms with Gasteiger partial charge in [0, 0.05) is 13.1 Å². The molecule has 0 aliphatic rings. The Kier molecular flexibility index (Phi) is 5.96. The minimum absolute atomic E-state index is 0.243. The first kappa shape index (κ1) is 20.3. The molecule has 0 aliphatic heterocycles. The van der Waals surface area contributed by atoms with Crippen LogP contribution < -0.4 is 4.90 Å². The van der Waals surface area contributed by atoms with E-state index in [-0.39, 0.29) is 17.1 Å². The van der Waals surface area contributed by atoms with Crippen molar-refractivity contribution >= 4 is 43.6 Å². The minimum atomic E-state index is -0.392. The highest BCUT2D eigenvalue weighted by molar-refractivity contribution is 7.22. The lowest BCUT2D eigenvalue weighted by Gasteiger charge is -2.24. The van der Waals surface area contributed by atoms with Crippen LogP contribution in [0.1, 0.15) is 24.3 Å². The van der Waals surface area contributed by atoms with Crippen molar-refractivity contribution in [3.8, 4) is 0 Å². The molecule has 0 fully saturated rings. The predicted molar refractivity (Wildman–Crippen MR) is 119 cm³/mol. The van der Waals surface area contributed by atoms with Crippen molar-refractivity contribution in [3.63, 3.8) is 0 Å². The molecule has 0 bridgehead atoms. The monoisotopic (exact) mass is 423 g/mol. The molecule has 0 radical (unpaired) electrons. The number of benzene rings is 2. The number of anilines is 1. The Labute approximate surface area is 178 Å². The summed E-state index contributed by atoms with van der Waals surface area (Å²) in [6, 6.07) is 12.3. The first-order valence-corrected chi connectivity index (χ1v) is 10.7. The van der Waals surface area contributed by atoms with E-state index in [1.807, 2.05) is 30.3 Å². The fourth-order valence-corrected chi connectivity index (χ4v) is 4.29. The average Bonchev–Trinajstić information content (AvgIpc) is 3.21. The number of hydrogen-bond acceptors (Lipinski definition) is 6. The van der Waals surface area contributed by atoms with Crippen LogP contribution in [0.2, 0.25) is 0 Å². The van der Waals surface area contributed by atoms with Crippen LogP contribution in [0.15, 0.2) is 48.7 Å². The van der Waals surface area contributed by atoms with Gasteiger partial charge in [-0.1, -0.05) is 43.4 Å². The molecule has 0 atom stereocenters. The van der Waals surface area contributed by atoms with Gasteiger partial charge in [0.2, 0.25) is 0 Å². The van der Waals surface area contributed by atoms with Crippen molar-refractivity contribution in [3.05, 3.63) is 60.2 Å². The number of carbonyl (C=O) groups is 1. The summed E-state index contributed by atoms with van der Waals surface area (Å²) in [6.07, 6.45) is 1.49. The molecule has 2 aromatic heterocycles. The second kappa shape index (κ2) is 8.81. The van der Waals surface area contributed by atoms with Gasteiger partial charge in [0.1, 0.15) is 17.0 Å². The summed E-state index contributed by atoms with van der Waals surface area (Å²) < 4.78 is 14.9. The zero-order valence-corrected chi connectivity index (χ0v) is 17.7. The Bertz CT molecular complexity index is 1190. The molecule has 0 aliphatic carbocycles. The fraction of sp³-hybridized carbons (Fsp3) is 0.273. The fourth-order valence-electron chi connectivity index (χ4n) is 3.28. The lowest BCUT2D eigenvalue weighted by Crippen LogP contribution is -2.39. The van der Waals surface area contributed by atoms with Crippen molar-refractivity contribution in [2.75, 3.05) is 31.1 Å². The van der Waals surface area contributed by atoms with E-state index in [1.165, 1.54) is 23.6 Å². The van der Waals surface area contributed by atoms with Crippen molar-refractivity contribution in [1.29, 1.82) is 0 Å². The molecule has 154 valence electrons. The molecular weight excluding hydrogens is 401 g/mol. The second-order valence-corrected chi connectivity index (χ2v) is 7.82. The third kappa shape index (κ3) is 4.01. The Morgan fingerprint density at radius 1 is 1.00 bits per heavy atom. The van der Waals surface area contributed by atoms with E-state index in [0.717, 1.165) is 18.6 Å². The van der Waals surface area contributed by atoms with Crippen LogP contribution in [0, 0.1) is 5.82 Å². The van der Waals surface area contributed by atoms with Crippen LogP contribution in [0.3, 0.4) is 0 Å². The summed E-state index contributed by atoms with van der Waals surface area (Å²) in [7, 11) is 0. The summed E-state index contributed by atoms with van der Waals surface area (Å²) in [4.78, 5) is 30.5. The smallest absolute Gasteiger partial charge is 0.280 e. The number of para-hydroxylation sites is 3. The van der Waals surface area contributed by atoms with Gasteiger partial charge in [-0.2, -0.15) is 0 Å². The Morgan fingerprint density at radius 3 is 2.50 bits per heavy atom. The van der Waals surface area contributed by atoms with Crippen molar-refractivity contribution in [2.45, 2.75) is 13.8 Å². The van der Waals surface area contributed by atoms with E-state index >= 15 is 0 Å². The van der Waals surface area contributed by atoms with Crippen LogP contribution >= 0.6 is 11.3 Å². The number of amides is 1. The summed E-state index contributed by atoms with van der Waals surface area (Å²) >= 11 is 1.30. The molecule has 2 aromatic carbocycles. The third-order valence-electron chi connectivity index (χ3n) is 5.04. The molecule has 0 spiro atoms. The van der Waals surface area contributed by atoms with Crippen LogP contribution in [-0.4, -0.2) is 51.9 Å². The molecule has 0 saturated heterocycles. The van der Waals surface area contributed by atoms with Gasteiger partial charge in [0.15, 0.2) is 5.13 Å². The normalized spacial score (nSPS) is 11.5. The van der Waals surface area contributed by atoms with Gasteiger partial charge in [0.25, 0.3) is 5.91 Å². The standard InChI is InChI=1S/C22H22FN5OS/c1-3-27(4-2)12-13-28(22-26-20-15(23)8-7-11-19(20)30-22)21(29)18-14-24-16-9-5-6-10-17(16)25-18/h5-11,14H,3-4,12-13H2,1-2H3. The molecule has 8 heteroatoms. The number of halogens is 1. The highest BCUT2D eigenvalue weighted by Crippen LogP contribution is 2.31. The number of rotatable bonds is 7. The van der Waals surface area contributed by atoms with Gasteiger partial charge >= 0.3 is 0 Å². The number of thiazole rings is 1. The van der Waals surface area contributed by atoms with Crippen LogP contribution in [0.4, 0.5) is 9.52 Å². The van der Waals surface area contributed by atoms with Crippen molar-refractivity contribution in [1.82, 2.24) is 19.9 Å². The molecule has 6 nitrogen and oxygen atoms in total. The van der Waals surface area contributed by atoms with E-state index in [0.29, 0.717) is 28.4 Å². The van der Waals surface area contributed by atoms with Gasteiger partial charge in [-0.15, -0.1) is 0 Å². The van der Waals surface area contributed by atoms with Gasteiger partial charge in [0.05, 0.1) is 21.9 Å². The number of likely N-dealkylation sites (N-methyl/N-ethyl adjacent to an activating group) is 1. The third-order valence-corrected chi connectivity index (χ3v) is 6.08. The largest absolute Gasteiger partial charge is 0.302 e. The summed E-state index contributed by atoms with van der Waals surface area (Å²) in [5, 5.41) is 0.460. The lowest BCUT2D eigenvalue weighted by molar-refractivity contribution is 0.0979. The number of aromatic nitrogens is 3. The number of hydrogen-bond donors (Lipinski definition) is 0. The van der Waals surface area contributed by atoms with E-state index < -0.39 is 5.82 Å². The van der Waals surface area contributed by atoms with Crippen molar-refractivity contribution < 1.29 is 9.18 Å². The van der Waals surface area contributed by atoms with Crippen LogP contribution in [0.25, 0.3) is 21.3 Å². The number of fused-ring (bicyclic) bond motifs is 2. The molecule has 1 amide bonds. The average molecular weight is 424 g/mol. The SMILES string of the molecule is CCN(CC)CCN(C(=O)c1cnc2ccccc2n1)c1nc2c(F)cccc2s1. The maximum Gasteiger partial charge on any atom is 0.280 e. The van der Waals surface area contributed by atoms with Crippen LogP contribution in [0.5, 0.6) is 0 Å². The highest BCUT2D eigenvalue weighted by atomic mass is 32.1. The molecule has 4 aromatic rings. The van der Waals surface area contributed by atoms with Gasteiger partial charge in [-0.05, 0) is 37.4 Å². The number of carbonyl (C=O) groups excluding carboxylic acids is 1. The van der Waals surface area contributed by atoms with E-state index in [1.54, 1.807) is 11.0 Å². The van der Waals surface area contributed by atoms with Gasteiger partial charge in [-0.3, -0.25) is 14.7 Å². The molecule has 0 saturated carbocycles. The van der Waals surface area contributed by atoms with E-state index in [4.69, 9.17) is 0 Å². The first-order chi connectivity index (χ1) is 14.6. The molecule has 0 N–H and O–H groups in total. The maximum atomic E-state index is 14.2. The predicted octanol–water partition coefficient (Wildman–Crippen LogP) is 4.37. The zero-order valence-electron chi connectivity index (χ0n) is 16.9. The zero-order chi connectivity index (χ0) is 21.1. The summed E-state index contributed by atoms with van der Waals surface area (Å²) in [6.45, 7) is 7.02. The van der Waals surface area contributed by atoms with Crippen LogP contribution in [-0.2, 0) is 0 Å². The molecule has 30 heavy (non-hydrogen) atoms. The second-order valence-electron chi connectivity index (χ2n) is 6.81. The molecule has 4 rings (SSSR count).